The van der Waals surface area contributed by atoms with Crippen LogP contribution in [-0.2, 0) is 6.61 Å². The van der Waals surface area contributed by atoms with Gasteiger partial charge in [0.1, 0.15) is 28.8 Å². The van der Waals surface area contributed by atoms with E-state index in [1.807, 2.05) is 13.8 Å². The Kier molecular flexibility index (Phi) is 3.88. The maximum absolute atomic E-state index is 13.1. The van der Waals surface area contributed by atoms with Crippen molar-refractivity contribution < 1.29 is 9.13 Å². The Hall–Kier alpha value is -1.92. The van der Waals surface area contributed by atoms with Crippen LogP contribution in [0.4, 0.5) is 4.39 Å². The number of hydrogen-bond acceptors (Lipinski definition) is 4. The summed E-state index contributed by atoms with van der Waals surface area (Å²) in [5.41, 5.74) is 0.772. The van der Waals surface area contributed by atoms with Crippen LogP contribution in [0, 0.1) is 19.7 Å². The van der Waals surface area contributed by atoms with Crippen molar-refractivity contribution in [3.05, 3.63) is 55.7 Å². The molecule has 1 aromatic carbocycles. The maximum Gasteiger partial charge on any atom is 0.260 e. The van der Waals surface area contributed by atoms with E-state index in [4.69, 9.17) is 16.3 Å². The topological polar surface area (TPSA) is 55.0 Å². The number of fused-ring (bicyclic) bond motifs is 1. The normalized spacial score (nSPS) is 11.1. The summed E-state index contributed by atoms with van der Waals surface area (Å²) in [7, 11) is 0. The van der Waals surface area contributed by atoms with E-state index in [-0.39, 0.29) is 17.2 Å². The van der Waals surface area contributed by atoms with Crippen molar-refractivity contribution in [3.8, 4) is 5.75 Å². The standard InChI is InChI=1S/C15H12ClFN2O2S/c1-7-8(2)22-15-13(7)14(20)18-12(19-15)6-21-9-3-4-11(17)10(16)5-9/h3-5H,6H2,1-2H3,(H,18,19,20). The maximum atomic E-state index is 13.1. The third-order valence-corrected chi connectivity index (χ3v) is 4.75. The first-order valence-electron chi connectivity index (χ1n) is 6.52. The Balaban J connectivity index is 1.88. The number of rotatable bonds is 3. The van der Waals surface area contributed by atoms with Gasteiger partial charge in [0.05, 0.1) is 10.4 Å². The van der Waals surface area contributed by atoms with Crippen LogP contribution in [0.15, 0.2) is 23.0 Å². The van der Waals surface area contributed by atoms with Crippen molar-refractivity contribution in [1.82, 2.24) is 9.97 Å². The summed E-state index contributed by atoms with van der Waals surface area (Å²) in [6, 6.07) is 4.08. The number of thiophene rings is 1. The number of aromatic nitrogens is 2. The molecule has 0 aliphatic carbocycles. The number of halogens is 2. The van der Waals surface area contributed by atoms with E-state index in [1.54, 1.807) is 0 Å². The number of nitrogens with zero attached hydrogens (tertiary/aromatic N) is 1. The molecule has 0 fully saturated rings. The molecule has 0 aliphatic rings. The number of ether oxygens (including phenoxy) is 1. The summed E-state index contributed by atoms with van der Waals surface area (Å²) < 4.78 is 18.6. The zero-order valence-electron chi connectivity index (χ0n) is 11.9. The average Bonchev–Trinajstić information content (AvgIpc) is 2.75. The van der Waals surface area contributed by atoms with Crippen LogP contribution >= 0.6 is 22.9 Å². The SMILES string of the molecule is Cc1sc2nc(COc3ccc(F)c(Cl)c3)[nH]c(=O)c2c1C. The first-order chi connectivity index (χ1) is 10.5. The molecule has 3 rings (SSSR count). The molecule has 0 amide bonds. The molecule has 0 saturated carbocycles. The minimum absolute atomic E-state index is 0.0149. The highest BCUT2D eigenvalue weighted by Gasteiger charge is 2.12. The highest BCUT2D eigenvalue weighted by Crippen LogP contribution is 2.26. The van der Waals surface area contributed by atoms with Gasteiger partial charge in [0.25, 0.3) is 5.56 Å². The quantitative estimate of drug-likeness (QED) is 0.786. The molecule has 7 heteroatoms. The molecular weight excluding hydrogens is 327 g/mol. The van der Waals surface area contributed by atoms with Crippen molar-refractivity contribution >= 4 is 33.2 Å². The molecule has 0 aliphatic heterocycles. The van der Waals surface area contributed by atoms with E-state index >= 15 is 0 Å². The van der Waals surface area contributed by atoms with E-state index in [9.17, 15) is 9.18 Å². The van der Waals surface area contributed by atoms with Crippen LogP contribution in [0.5, 0.6) is 5.75 Å². The number of aromatic amines is 1. The lowest BCUT2D eigenvalue weighted by molar-refractivity contribution is 0.295. The van der Waals surface area contributed by atoms with Gasteiger partial charge in [-0.1, -0.05) is 11.6 Å². The summed E-state index contributed by atoms with van der Waals surface area (Å²) in [5.74, 6) is 0.318. The van der Waals surface area contributed by atoms with Gasteiger partial charge in [-0.15, -0.1) is 11.3 Å². The number of benzene rings is 1. The Morgan fingerprint density at radius 1 is 1.41 bits per heavy atom. The van der Waals surface area contributed by atoms with Gasteiger partial charge in [-0.3, -0.25) is 4.79 Å². The van der Waals surface area contributed by atoms with Crippen LogP contribution in [0.3, 0.4) is 0 Å². The number of hydrogen-bond donors (Lipinski definition) is 1. The Bertz CT molecular complexity index is 920. The molecule has 0 unspecified atom stereocenters. The lowest BCUT2D eigenvalue weighted by Crippen LogP contribution is -2.13. The largest absolute Gasteiger partial charge is 0.486 e. The van der Waals surface area contributed by atoms with Gasteiger partial charge < -0.3 is 9.72 Å². The lowest BCUT2D eigenvalue weighted by atomic mass is 10.2. The minimum atomic E-state index is -0.508. The van der Waals surface area contributed by atoms with Gasteiger partial charge >= 0.3 is 0 Å². The molecule has 3 aromatic rings. The summed E-state index contributed by atoms with van der Waals surface area (Å²) in [6.07, 6.45) is 0. The van der Waals surface area contributed by atoms with Gasteiger partial charge in [0.2, 0.25) is 0 Å². The third kappa shape index (κ3) is 2.71. The van der Waals surface area contributed by atoms with Crippen LogP contribution in [-0.4, -0.2) is 9.97 Å². The molecule has 114 valence electrons. The van der Waals surface area contributed by atoms with Crippen LogP contribution in [0.1, 0.15) is 16.3 Å². The van der Waals surface area contributed by atoms with E-state index in [0.717, 1.165) is 10.4 Å². The average molecular weight is 339 g/mol. The predicted molar refractivity (Wildman–Crippen MR) is 85.5 cm³/mol. The molecule has 4 nitrogen and oxygen atoms in total. The van der Waals surface area contributed by atoms with Gasteiger partial charge in [-0.05, 0) is 31.5 Å². The van der Waals surface area contributed by atoms with Gasteiger partial charge in [-0.2, -0.15) is 0 Å². The molecule has 2 aromatic heterocycles. The Morgan fingerprint density at radius 2 is 2.18 bits per heavy atom. The molecule has 0 bridgehead atoms. The van der Waals surface area contributed by atoms with Gasteiger partial charge in [-0.25, -0.2) is 9.37 Å². The van der Waals surface area contributed by atoms with Gasteiger partial charge in [0, 0.05) is 10.9 Å². The summed E-state index contributed by atoms with van der Waals surface area (Å²) in [4.78, 5) is 21.0. The second kappa shape index (κ2) is 5.70. The zero-order chi connectivity index (χ0) is 15.9. The Labute approximate surface area is 134 Å². The van der Waals surface area contributed by atoms with Crippen molar-refractivity contribution in [2.75, 3.05) is 0 Å². The highest BCUT2D eigenvalue weighted by molar-refractivity contribution is 7.18. The van der Waals surface area contributed by atoms with E-state index in [1.165, 1.54) is 29.5 Å². The third-order valence-electron chi connectivity index (χ3n) is 3.35. The summed E-state index contributed by atoms with van der Waals surface area (Å²) in [5, 5.41) is 0.606. The zero-order valence-corrected chi connectivity index (χ0v) is 13.4. The smallest absolute Gasteiger partial charge is 0.260 e. The minimum Gasteiger partial charge on any atom is -0.486 e. The number of nitrogens with one attached hydrogen (secondary N) is 1. The molecule has 0 spiro atoms. The van der Waals surface area contributed by atoms with E-state index in [0.29, 0.717) is 21.8 Å². The fourth-order valence-corrected chi connectivity index (χ4v) is 3.31. The molecule has 0 saturated heterocycles. The molecular formula is C15H12ClFN2O2S. The predicted octanol–water partition coefficient (Wildman–Crippen LogP) is 3.97. The lowest BCUT2D eigenvalue weighted by Gasteiger charge is -2.06. The van der Waals surface area contributed by atoms with Crippen molar-refractivity contribution in [1.29, 1.82) is 0 Å². The summed E-state index contributed by atoms with van der Waals surface area (Å²) in [6.45, 7) is 3.93. The second-order valence-electron chi connectivity index (χ2n) is 4.84. The first-order valence-corrected chi connectivity index (χ1v) is 7.72. The molecule has 2 heterocycles. The van der Waals surface area contributed by atoms with Crippen molar-refractivity contribution in [3.63, 3.8) is 0 Å². The molecule has 22 heavy (non-hydrogen) atoms. The number of aryl methyl sites for hydroxylation is 2. The molecule has 0 atom stereocenters. The van der Waals surface area contributed by atoms with Crippen molar-refractivity contribution in [2.45, 2.75) is 20.5 Å². The van der Waals surface area contributed by atoms with Gasteiger partial charge in [0.15, 0.2) is 0 Å². The number of H-pyrrole nitrogens is 1. The molecule has 1 N–H and O–H groups in total. The van der Waals surface area contributed by atoms with E-state index in [2.05, 4.69) is 9.97 Å². The van der Waals surface area contributed by atoms with Crippen LogP contribution in [0.2, 0.25) is 5.02 Å². The first kappa shape index (κ1) is 15.0. The van der Waals surface area contributed by atoms with E-state index < -0.39 is 5.82 Å². The monoisotopic (exact) mass is 338 g/mol. The summed E-state index contributed by atoms with van der Waals surface area (Å²) >= 11 is 7.17. The second-order valence-corrected chi connectivity index (χ2v) is 6.45. The van der Waals surface area contributed by atoms with Crippen LogP contribution in [0.25, 0.3) is 10.2 Å². The Morgan fingerprint density at radius 3 is 2.91 bits per heavy atom. The fraction of sp³-hybridized carbons (Fsp3) is 0.200. The van der Waals surface area contributed by atoms with Crippen molar-refractivity contribution in [2.24, 2.45) is 0 Å². The fourth-order valence-electron chi connectivity index (χ4n) is 2.09. The van der Waals surface area contributed by atoms with Crippen LogP contribution < -0.4 is 10.3 Å². The molecule has 0 radical (unpaired) electrons. The highest BCUT2D eigenvalue weighted by atomic mass is 35.5.